The first kappa shape index (κ1) is 17.1. The zero-order chi connectivity index (χ0) is 18.0. The van der Waals surface area contributed by atoms with Gasteiger partial charge in [-0.3, -0.25) is 4.79 Å². The quantitative estimate of drug-likeness (QED) is 0.742. The molecule has 0 unspecified atom stereocenters. The van der Waals surface area contributed by atoms with Gasteiger partial charge in [-0.25, -0.2) is 8.78 Å². The maximum absolute atomic E-state index is 14.1. The Morgan fingerprint density at radius 2 is 1.88 bits per heavy atom. The highest BCUT2D eigenvalue weighted by atomic mass is 35.5. The standard InChI is InChI=1S/C18H13ClF2N2O2/c1-10-15(18(24)22-9-11-5-2-3-7-13(11)20)17(23-25-10)16-12(19)6-4-8-14(16)21/h2-8H,9H2,1H3,(H,22,24). The molecule has 0 aliphatic carbocycles. The van der Waals surface area contributed by atoms with Crippen molar-refractivity contribution < 1.29 is 18.1 Å². The maximum Gasteiger partial charge on any atom is 0.257 e. The van der Waals surface area contributed by atoms with Gasteiger partial charge in [0.15, 0.2) is 0 Å². The molecular formula is C18H13ClF2N2O2. The Morgan fingerprint density at radius 1 is 1.16 bits per heavy atom. The number of aryl methyl sites for hydroxylation is 1. The van der Waals surface area contributed by atoms with Crippen molar-refractivity contribution in [2.45, 2.75) is 13.5 Å². The molecule has 0 aliphatic rings. The first-order valence-electron chi connectivity index (χ1n) is 7.41. The maximum atomic E-state index is 14.1. The van der Waals surface area contributed by atoms with E-state index in [1.54, 1.807) is 18.2 Å². The van der Waals surface area contributed by atoms with E-state index in [1.165, 1.54) is 31.2 Å². The molecule has 1 heterocycles. The molecule has 0 aliphatic heterocycles. The molecule has 0 atom stereocenters. The molecule has 0 spiro atoms. The molecule has 7 heteroatoms. The van der Waals surface area contributed by atoms with E-state index in [1.807, 2.05) is 0 Å². The van der Waals surface area contributed by atoms with Crippen LogP contribution < -0.4 is 5.32 Å². The van der Waals surface area contributed by atoms with Gasteiger partial charge >= 0.3 is 0 Å². The molecule has 1 N–H and O–H groups in total. The minimum Gasteiger partial charge on any atom is -0.360 e. The zero-order valence-corrected chi connectivity index (χ0v) is 13.9. The highest BCUT2D eigenvalue weighted by Crippen LogP contribution is 2.33. The lowest BCUT2D eigenvalue weighted by molar-refractivity contribution is 0.0949. The largest absolute Gasteiger partial charge is 0.360 e. The number of carbonyl (C=O) groups is 1. The number of nitrogens with zero attached hydrogens (tertiary/aromatic N) is 1. The number of amides is 1. The lowest BCUT2D eigenvalue weighted by Gasteiger charge is -2.08. The van der Waals surface area contributed by atoms with Crippen LogP contribution >= 0.6 is 11.6 Å². The average molecular weight is 363 g/mol. The fraction of sp³-hybridized carbons (Fsp3) is 0.111. The van der Waals surface area contributed by atoms with Crippen LogP contribution in [0.3, 0.4) is 0 Å². The number of hydrogen-bond acceptors (Lipinski definition) is 3. The van der Waals surface area contributed by atoms with Gasteiger partial charge in [0.25, 0.3) is 5.91 Å². The third-order valence-electron chi connectivity index (χ3n) is 3.69. The summed E-state index contributed by atoms with van der Waals surface area (Å²) in [6, 6.07) is 10.2. The van der Waals surface area contributed by atoms with E-state index in [4.69, 9.17) is 16.1 Å². The van der Waals surface area contributed by atoms with Crippen LogP contribution in [0.5, 0.6) is 0 Å². The van der Waals surface area contributed by atoms with Gasteiger partial charge in [-0.05, 0) is 25.1 Å². The highest BCUT2D eigenvalue weighted by Gasteiger charge is 2.25. The third-order valence-corrected chi connectivity index (χ3v) is 4.00. The Hall–Kier alpha value is -2.73. The van der Waals surface area contributed by atoms with Crippen molar-refractivity contribution in [3.8, 4) is 11.3 Å². The van der Waals surface area contributed by atoms with E-state index in [0.717, 1.165) is 0 Å². The molecule has 25 heavy (non-hydrogen) atoms. The fourth-order valence-electron chi connectivity index (χ4n) is 2.44. The van der Waals surface area contributed by atoms with Crippen LogP contribution in [0.2, 0.25) is 5.02 Å². The summed E-state index contributed by atoms with van der Waals surface area (Å²) < 4.78 is 32.9. The van der Waals surface area contributed by atoms with Crippen LogP contribution in [0.1, 0.15) is 21.7 Å². The monoisotopic (exact) mass is 362 g/mol. The predicted octanol–water partition coefficient (Wildman–Crippen LogP) is 4.51. The van der Waals surface area contributed by atoms with Gasteiger partial charge < -0.3 is 9.84 Å². The Labute approximate surface area is 147 Å². The molecule has 0 bridgehead atoms. The van der Waals surface area contributed by atoms with Gasteiger partial charge in [0, 0.05) is 12.1 Å². The van der Waals surface area contributed by atoms with Crippen LogP contribution in [-0.2, 0) is 6.54 Å². The van der Waals surface area contributed by atoms with Gasteiger partial charge in [0.2, 0.25) is 0 Å². The van der Waals surface area contributed by atoms with Crippen molar-refractivity contribution >= 4 is 17.5 Å². The number of rotatable bonds is 4. The highest BCUT2D eigenvalue weighted by molar-refractivity contribution is 6.33. The molecule has 128 valence electrons. The van der Waals surface area contributed by atoms with Crippen LogP contribution in [0.15, 0.2) is 47.0 Å². The van der Waals surface area contributed by atoms with Gasteiger partial charge in [-0.15, -0.1) is 0 Å². The summed E-state index contributed by atoms with van der Waals surface area (Å²) in [5.74, 6) is -1.40. The lowest BCUT2D eigenvalue weighted by atomic mass is 10.0. The molecule has 4 nitrogen and oxygen atoms in total. The summed E-state index contributed by atoms with van der Waals surface area (Å²) in [6.45, 7) is 1.50. The first-order chi connectivity index (χ1) is 12.0. The van der Waals surface area contributed by atoms with E-state index >= 15 is 0 Å². The first-order valence-corrected chi connectivity index (χ1v) is 7.79. The molecule has 1 amide bonds. The SMILES string of the molecule is Cc1onc(-c2c(F)cccc2Cl)c1C(=O)NCc1ccccc1F. The van der Waals surface area contributed by atoms with Gasteiger partial charge in [-0.1, -0.05) is 41.0 Å². The van der Waals surface area contributed by atoms with Crippen LogP contribution in [-0.4, -0.2) is 11.1 Å². The molecule has 0 saturated carbocycles. The summed E-state index contributed by atoms with van der Waals surface area (Å²) in [6.07, 6.45) is 0. The minimum absolute atomic E-state index is 0.00614. The second-order valence-corrected chi connectivity index (χ2v) is 5.74. The normalized spacial score (nSPS) is 10.7. The van der Waals surface area contributed by atoms with Crippen molar-refractivity contribution in [1.82, 2.24) is 10.5 Å². The number of carbonyl (C=O) groups excluding carboxylic acids is 1. The van der Waals surface area contributed by atoms with E-state index in [2.05, 4.69) is 10.5 Å². The summed E-state index contributed by atoms with van der Waals surface area (Å²) in [7, 11) is 0. The zero-order valence-electron chi connectivity index (χ0n) is 13.1. The summed E-state index contributed by atoms with van der Waals surface area (Å²) >= 11 is 6.04. The van der Waals surface area contributed by atoms with E-state index in [-0.39, 0.29) is 34.1 Å². The van der Waals surface area contributed by atoms with Crippen molar-refractivity contribution in [2.75, 3.05) is 0 Å². The predicted molar refractivity (Wildman–Crippen MR) is 89.2 cm³/mol. The third kappa shape index (κ3) is 3.39. The van der Waals surface area contributed by atoms with Crippen molar-refractivity contribution in [1.29, 1.82) is 0 Å². The molecule has 0 fully saturated rings. The number of aromatic nitrogens is 1. The van der Waals surface area contributed by atoms with Crippen LogP contribution in [0.4, 0.5) is 8.78 Å². The second-order valence-electron chi connectivity index (χ2n) is 5.33. The second kappa shape index (κ2) is 7.03. The Morgan fingerprint density at radius 3 is 2.60 bits per heavy atom. The van der Waals surface area contributed by atoms with E-state index < -0.39 is 17.5 Å². The van der Waals surface area contributed by atoms with Crippen LogP contribution in [0, 0.1) is 18.6 Å². The molecular weight excluding hydrogens is 350 g/mol. The van der Waals surface area contributed by atoms with Crippen molar-refractivity contribution in [3.63, 3.8) is 0 Å². The number of hydrogen-bond donors (Lipinski definition) is 1. The Bertz CT molecular complexity index is 920. The number of benzene rings is 2. The molecule has 3 rings (SSSR count). The molecule has 1 aromatic heterocycles. The molecule has 0 radical (unpaired) electrons. The summed E-state index contributed by atoms with van der Waals surface area (Å²) in [4.78, 5) is 12.5. The summed E-state index contributed by atoms with van der Waals surface area (Å²) in [5.41, 5.74) is 0.377. The smallest absolute Gasteiger partial charge is 0.257 e. The van der Waals surface area contributed by atoms with Gasteiger partial charge in [0.05, 0.1) is 10.6 Å². The lowest BCUT2D eigenvalue weighted by Crippen LogP contribution is -2.24. The fourth-order valence-corrected chi connectivity index (χ4v) is 2.69. The molecule has 0 saturated heterocycles. The number of nitrogens with one attached hydrogen (secondary N) is 1. The molecule has 3 aromatic rings. The average Bonchev–Trinajstić information content (AvgIpc) is 2.95. The number of halogens is 3. The van der Waals surface area contributed by atoms with E-state index in [9.17, 15) is 13.6 Å². The van der Waals surface area contributed by atoms with Crippen molar-refractivity contribution in [2.24, 2.45) is 0 Å². The van der Waals surface area contributed by atoms with E-state index in [0.29, 0.717) is 5.56 Å². The molecule has 2 aromatic carbocycles. The Balaban J connectivity index is 1.92. The van der Waals surface area contributed by atoms with Gasteiger partial charge in [0.1, 0.15) is 28.7 Å². The van der Waals surface area contributed by atoms with Crippen LogP contribution in [0.25, 0.3) is 11.3 Å². The minimum atomic E-state index is -0.621. The summed E-state index contributed by atoms with van der Waals surface area (Å²) in [5, 5.41) is 6.46. The Kier molecular flexibility index (Phi) is 4.81. The van der Waals surface area contributed by atoms with Crippen molar-refractivity contribution in [3.05, 3.63) is 76.0 Å². The van der Waals surface area contributed by atoms with Gasteiger partial charge in [-0.2, -0.15) is 0 Å². The topological polar surface area (TPSA) is 55.1 Å².